The highest BCUT2D eigenvalue weighted by atomic mass is 35.6. The zero-order valence-electron chi connectivity index (χ0n) is 11.2. The van der Waals surface area contributed by atoms with Crippen molar-refractivity contribution >= 4 is 34.8 Å². The minimum Gasteiger partial charge on any atom is -0.490 e. The van der Waals surface area contributed by atoms with Gasteiger partial charge in [0.2, 0.25) is 0 Å². The molecule has 0 aliphatic rings. The van der Waals surface area contributed by atoms with Crippen molar-refractivity contribution in [3.05, 3.63) is 30.3 Å². The van der Waals surface area contributed by atoms with Gasteiger partial charge in [0.25, 0.3) is 0 Å². The first-order chi connectivity index (χ1) is 9.01. The fraction of sp³-hybridized carbons (Fsp3) is 0.600. The molecule has 1 rings (SSSR count). The van der Waals surface area contributed by atoms with Gasteiger partial charge in [-0.3, -0.25) is 0 Å². The molecule has 19 heavy (non-hydrogen) atoms. The van der Waals surface area contributed by atoms with Crippen molar-refractivity contribution in [1.82, 2.24) is 0 Å². The summed E-state index contributed by atoms with van der Waals surface area (Å²) >= 11 is 17.7. The fourth-order valence-corrected chi connectivity index (χ4v) is 2.47. The molecule has 0 heterocycles. The second-order valence-electron chi connectivity index (χ2n) is 4.72. The molecule has 1 aromatic rings. The van der Waals surface area contributed by atoms with Crippen LogP contribution in [0.5, 0.6) is 5.75 Å². The van der Waals surface area contributed by atoms with Gasteiger partial charge in [0.1, 0.15) is 11.9 Å². The Labute approximate surface area is 131 Å². The lowest BCUT2D eigenvalue weighted by Gasteiger charge is -2.22. The van der Waals surface area contributed by atoms with Crippen LogP contribution in [0.25, 0.3) is 0 Å². The first kappa shape index (κ1) is 16.9. The van der Waals surface area contributed by atoms with Crippen LogP contribution in [0.2, 0.25) is 0 Å². The van der Waals surface area contributed by atoms with E-state index in [2.05, 4.69) is 6.92 Å². The molecule has 0 amide bonds. The summed E-state index contributed by atoms with van der Waals surface area (Å²) in [6.45, 7) is 2.19. The molecular formula is C15H21Cl3O. The van der Waals surface area contributed by atoms with E-state index in [1.54, 1.807) is 0 Å². The Balaban J connectivity index is 2.49. The average molecular weight is 324 g/mol. The summed E-state index contributed by atoms with van der Waals surface area (Å²) in [5.41, 5.74) is 0. The highest BCUT2D eigenvalue weighted by Crippen LogP contribution is 2.34. The molecule has 0 N–H and O–H groups in total. The largest absolute Gasteiger partial charge is 0.490 e. The molecule has 1 atom stereocenters. The van der Waals surface area contributed by atoms with E-state index in [9.17, 15) is 0 Å². The summed E-state index contributed by atoms with van der Waals surface area (Å²) in [6, 6.07) is 9.70. The Morgan fingerprint density at radius 1 is 1.05 bits per heavy atom. The molecule has 0 saturated heterocycles. The van der Waals surface area contributed by atoms with Gasteiger partial charge in [0.15, 0.2) is 3.79 Å². The lowest BCUT2D eigenvalue weighted by molar-refractivity contribution is 0.178. The maximum atomic E-state index is 5.92. The molecule has 4 heteroatoms. The molecule has 1 unspecified atom stereocenters. The van der Waals surface area contributed by atoms with Gasteiger partial charge in [-0.05, 0) is 25.0 Å². The average Bonchev–Trinajstić information content (AvgIpc) is 2.34. The summed E-state index contributed by atoms with van der Waals surface area (Å²) in [4.78, 5) is 0. The van der Waals surface area contributed by atoms with E-state index in [4.69, 9.17) is 39.5 Å². The molecule has 0 aromatic heterocycles. The lowest BCUT2D eigenvalue weighted by Crippen LogP contribution is -2.23. The smallest absolute Gasteiger partial charge is 0.194 e. The number of alkyl halides is 3. The van der Waals surface area contributed by atoms with Crippen LogP contribution < -0.4 is 4.74 Å². The van der Waals surface area contributed by atoms with Crippen LogP contribution in [0.4, 0.5) is 0 Å². The van der Waals surface area contributed by atoms with Gasteiger partial charge in [-0.2, -0.15) is 0 Å². The predicted octanol–water partition coefficient (Wildman–Crippen LogP) is 6.16. The van der Waals surface area contributed by atoms with Crippen molar-refractivity contribution in [2.75, 3.05) is 0 Å². The Hall–Kier alpha value is -0.110. The number of para-hydroxylation sites is 1. The minimum atomic E-state index is -1.26. The van der Waals surface area contributed by atoms with Crippen LogP contribution >= 0.6 is 34.8 Å². The van der Waals surface area contributed by atoms with Gasteiger partial charge >= 0.3 is 0 Å². The van der Waals surface area contributed by atoms with Crippen LogP contribution in [0, 0.1) is 0 Å². The van der Waals surface area contributed by atoms with Crippen LogP contribution in [0.3, 0.4) is 0 Å². The van der Waals surface area contributed by atoms with E-state index < -0.39 is 3.79 Å². The summed E-state index contributed by atoms with van der Waals surface area (Å²) in [7, 11) is 0. The summed E-state index contributed by atoms with van der Waals surface area (Å²) in [5.74, 6) is 0.831. The van der Waals surface area contributed by atoms with Gasteiger partial charge < -0.3 is 4.74 Å². The zero-order chi connectivity index (χ0) is 14.1. The topological polar surface area (TPSA) is 9.23 Å². The van der Waals surface area contributed by atoms with Gasteiger partial charge in [-0.25, -0.2) is 0 Å². The Bertz CT molecular complexity index is 335. The molecular weight excluding hydrogens is 303 g/mol. The molecule has 0 bridgehead atoms. The van der Waals surface area contributed by atoms with Crippen LogP contribution in [0.1, 0.15) is 45.4 Å². The van der Waals surface area contributed by atoms with Crippen molar-refractivity contribution in [3.8, 4) is 5.75 Å². The number of ether oxygens (including phenoxy) is 1. The standard InChI is InChI=1S/C15H21Cl3O/c1-2-3-4-6-11-14(12-15(16,17)18)19-13-9-7-5-8-10-13/h5,7-10,14H,2-4,6,11-12H2,1H3. The molecule has 1 nitrogen and oxygen atoms in total. The number of benzene rings is 1. The Morgan fingerprint density at radius 3 is 2.32 bits per heavy atom. The van der Waals surface area contributed by atoms with Crippen molar-refractivity contribution in [2.45, 2.75) is 55.3 Å². The van der Waals surface area contributed by atoms with Gasteiger partial charge in [0.05, 0.1) is 0 Å². The SMILES string of the molecule is CCCCCCC(CC(Cl)(Cl)Cl)Oc1ccccc1. The molecule has 0 fully saturated rings. The molecule has 0 aliphatic heterocycles. The van der Waals surface area contributed by atoms with E-state index in [0.717, 1.165) is 18.6 Å². The molecule has 0 saturated carbocycles. The fourth-order valence-electron chi connectivity index (χ4n) is 1.95. The van der Waals surface area contributed by atoms with Gasteiger partial charge in [0, 0.05) is 6.42 Å². The third-order valence-electron chi connectivity index (χ3n) is 2.88. The maximum absolute atomic E-state index is 5.92. The van der Waals surface area contributed by atoms with E-state index in [0.29, 0.717) is 6.42 Å². The molecule has 108 valence electrons. The van der Waals surface area contributed by atoms with Crippen molar-refractivity contribution in [1.29, 1.82) is 0 Å². The van der Waals surface area contributed by atoms with Crippen LogP contribution in [-0.2, 0) is 0 Å². The quantitative estimate of drug-likeness (QED) is 0.411. The number of hydrogen-bond acceptors (Lipinski definition) is 1. The van der Waals surface area contributed by atoms with E-state index in [-0.39, 0.29) is 6.10 Å². The molecule has 0 aliphatic carbocycles. The van der Waals surface area contributed by atoms with E-state index >= 15 is 0 Å². The van der Waals surface area contributed by atoms with Gasteiger partial charge in [-0.15, -0.1) is 0 Å². The van der Waals surface area contributed by atoms with Crippen LogP contribution in [0.15, 0.2) is 30.3 Å². The number of halogens is 3. The summed E-state index contributed by atoms with van der Waals surface area (Å²) in [6.07, 6.45) is 6.05. The highest BCUT2D eigenvalue weighted by molar-refractivity contribution is 6.67. The predicted molar refractivity (Wildman–Crippen MR) is 84.5 cm³/mol. The third kappa shape index (κ3) is 8.62. The Kier molecular flexibility index (Phi) is 7.97. The Morgan fingerprint density at radius 2 is 1.74 bits per heavy atom. The molecule has 0 radical (unpaired) electrons. The third-order valence-corrected chi connectivity index (χ3v) is 3.35. The summed E-state index contributed by atoms with van der Waals surface area (Å²) < 4.78 is 4.66. The number of hydrogen-bond donors (Lipinski definition) is 0. The second kappa shape index (κ2) is 8.94. The first-order valence-corrected chi connectivity index (χ1v) is 7.93. The monoisotopic (exact) mass is 322 g/mol. The zero-order valence-corrected chi connectivity index (χ0v) is 13.5. The molecule has 0 spiro atoms. The number of rotatable bonds is 8. The number of unbranched alkanes of at least 4 members (excludes halogenated alkanes) is 3. The van der Waals surface area contributed by atoms with E-state index in [1.807, 2.05) is 30.3 Å². The summed E-state index contributed by atoms with van der Waals surface area (Å²) in [5, 5.41) is 0. The first-order valence-electron chi connectivity index (χ1n) is 6.79. The molecule has 1 aromatic carbocycles. The van der Waals surface area contributed by atoms with Crippen LogP contribution in [-0.4, -0.2) is 9.90 Å². The highest BCUT2D eigenvalue weighted by Gasteiger charge is 2.26. The normalized spacial score (nSPS) is 13.3. The second-order valence-corrected chi connectivity index (χ2v) is 7.24. The van der Waals surface area contributed by atoms with Crippen molar-refractivity contribution in [2.24, 2.45) is 0 Å². The minimum absolute atomic E-state index is 0.0493. The van der Waals surface area contributed by atoms with Crippen molar-refractivity contribution < 1.29 is 4.74 Å². The maximum Gasteiger partial charge on any atom is 0.194 e. The van der Waals surface area contributed by atoms with E-state index in [1.165, 1.54) is 19.3 Å². The lowest BCUT2D eigenvalue weighted by atomic mass is 10.1. The van der Waals surface area contributed by atoms with Gasteiger partial charge in [-0.1, -0.05) is 79.2 Å². The van der Waals surface area contributed by atoms with Crippen molar-refractivity contribution in [3.63, 3.8) is 0 Å².